The highest BCUT2D eigenvalue weighted by Crippen LogP contribution is 2.49. The SMILES string of the molecule is CC1(C)CC(=O)C2=C(C1)Oc1c(oc(CO)cc1=O)C2c1ccc(F)cc1. The van der Waals surface area contributed by atoms with Gasteiger partial charge in [-0.1, -0.05) is 26.0 Å². The van der Waals surface area contributed by atoms with Crippen LogP contribution in [0, 0.1) is 11.2 Å². The van der Waals surface area contributed by atoms with Crippen LogP contribution in [-0.4, -0.2) is 10.9 Å². The molecule has 2 aliphatic rings. The fraction of sp³-hybridized carbons (Fsp3) is 0.333. The maximum Gasteiger partial charge on any atom is 0.228 e. The summed E-state index contributed by atoms with van der Waals surface area (Å²) >= 11 is 0. The molecule has 0 fully saturated rings. The summed E-state index contributed by atoms with van der Waals surface area (Å²) in [6.07, 6.45) is 0.846. The molecule has 1 aliphatic heterocycles. The van der Waals surface area contributed by atoms with Gasteiger partial charge < -0.3 is 14.3 Å². The molecule has 1 aromatic carbocycles. The van der Waals surface area contributed by atoms with Crippen LogP contribution < -0.4 is 10.2 Å². The van der Waals surface area contributed by atoms with Gasteiger partial charge in [0.2, 0.25) is 11.2 Å². The number of carbonyl (C=O) groups is 1. The fourth-order valence-electron chi connectivity index (χ4n) is 3.84. The average molecular weight is 370 g/mol. The lowest BCUT2D eigenvalue weighted by molar-refractivity contribution is -0.118. The van der Waals surface area contributed by atoms with Crippen molar-refractivity contribution in [3.8, 4) is 5.75 Å². The largest absolute Gasteiger partial charge is 0.458 e. The maximum atomic E-state index is 13.4. The van der Waals surface area contributed by atoms with E-state index < -0.39 is 23.8 Å². The molecule has 0 radical (unpaired) electrons. The van der Waals surface area contributed by atoms with Crippen LogP contribution in [0.1, 0.15) is 49.7 Å². The van der Waals surface area contributed by atoms with Gasteiger partial charge in [-0.25, -0.2) is 4.39 Å². The third-order valence-electron chi connectivity index (χ3n) is 5.00. The number of aliphatic hydroxyl groups is 1. The average Bonchev–Trinajstić information content (AvgIpc) is 2.60. The summed E-state index contributed by atoms with van der Waals surface area (Å²) in [5.74, 6) is -0.424. The Kier molecular flexibility index (Phi) is 4.03. The normalized spacial score (nSPS) is 20.7. The van der Waals surface area contributed by atoms with Gasteiger partial charge in [0, 0.05) is 24.5 Å². The summed E-state index contributed by atoms with van der Waals surface area (Å²) < 4.78 is 25.0. The molecule has 0 saturated heterocycles. The zero-order chi connectivity index (χ0) is 19.3. The quantitative estimate of drug-likeness (QED) is 0.876. The van der Waals surface area contributed by atoms with Crippen LogP contribution in [0.2, 0.25) is 0 Å². The van der Waals surface area contributed by atoms with Crippen LogP contribution in [0.15, 0.2) is 50.9 Å². The maximum absolute atomic E-state index is 13.4. The van der Waals surface area contributed by atoms with E-state index in [-0.39, 0.29) is 28.5 Å². The standard InChI is InChI=1S/C21H19FO5/c1-21(2)8-15(25)18-16(9-21)27-19-14(24)7-13(10-23)26-20(19)17(18)11-3-5-12(22)6-4-11/h3-7,17,23H,8-10H2,1-2H3. The lowest BCUT2D eigenvalue weighted by atomic mass is 9.71. The van der Waals surface area contributed by atoms with E-state index in [2.05, 4.69) is 0 Å². The van der Waals surface area contributed by atoms with Gasteiger partial charge in [0.15, 0.2) is 11.5 Å². The Morgan fingerprint density at radius 3 is 2.56 bits per heavy atom. The number of rotatable bonds is 2. The molecule has 5 nitrogen and oxygen atoms in total. The Hall–Kier alpha value is -2.73. The zero-order valence-corrected chi connectivity index (χ0v) is 15.0. The molecular formula is C21H19FO5. The molecular weight excluding hydrogens is 351 g/mol. The number of hydrogen-bond donors (Lipinski definition) is 1. The third kappa shape index (κ3) is 3.00. The first-order chi connectivity index (χ1) is 12.8. The van der Waals surface area contributed by atoms with Crippen LogP contribution in [0.25, 0.3) is 0 Å². The van der Waals surface area contributed by atoms with Gasteiger partial charge in [-0.15, -0.1) is 0 Å². The third-order valence-corrected chi connectivity index (χ3v) is 5.00. The highest BCUT2D eigenvalue weighted by molar-refractivity contribution is 5.99. The molecule has 6 heteroatoms. The van der Waals surface area contributed by atoms with Crippen molar-refractivity contribution in [2.45, 2.75) is 39.2 Å². The van der Waals surface area contributed by atoms with Crippen molar-refractivity contribution in [2.24, 2.45) is 5.41 Å². The van der Waals surface area contributed by atoms with Gasteiger partial charge >= 0.3 is 0 Å². The van der Waals surface area contributed by atoms with Crippen LogP contribution in [0.5, 0.6) is 5.75 Å². The number of halogens is 1. The lowest BCUT2D eigenvalue weighted by Crippen LogP contribution is -2.34. The molecule has 1 aromatic heterocycles. The molecule has 2 heterocycles. The molecule has 2 aromatic rings. The van der Waals surface area contributed by atoms with E-state index in [0.29, 0.717) is 29.7 Å². The minimum Gasteiger partial charge on any atom is -0.458 e. The van der Waals surface area contributed by atoms with Crippen LogP contribution in [-0.2, 0) is 11.4 Å². The van der Waals surface area contributed by atoms with E-state index >= 15 is 0 Å². The van der Waals surface area contributed by atoms with E-state index in [1.807, 2.05) is 13.8 Å². The number of carbonyl (C=O) groups excluding carboxylic acids is 1. The van der Waals surface area contributed by atoms with Crippen molar-refractivity contribution in [2.75, 3.05) is 0 Å². The van der Waals surface area contributed by atoms with Crippen LogP contribution in [0.3, 0.4) is 0 Å². The second-order valence-electron chi connectivity index (χ2n) is 7.79. The van der Waals surface area contributed by atoms with Crippen molar-refractivity contribution in [1.82, 2.24) is 0 Å². The van der Waals surface area contributed by atoms with Gasteiger partial charge in [0.1, 0.15) is 23.9 Å². The van der Waals surface area contributed by atoms with E-state index in [0.717, 1.165) is 0 Å². The predicted octanol–water partition coefficient (Wildman–Crippen LogP) is 3.44. The highest BCUT2D eigenvalue weighted by Gasteiger charge is 2.44. The molecule has 1 aliphatic carbocycles. The number of ketones is 1. The minimum absolute atomic E-state index is 0.0192. The molecule has 1 N–H and O–H groups in total. The van der Waals surface area contributed by atoms with Gasteiger partial charge in [0.05, 0.1) is 5.92 Å². The zero-order valence-electron chi connectivity index (χ0n) is 15.0. The van der Waals surface area contributed by atoms with Crippen molar-refractivity contribution in [1.29, 1.82) is 0 Å². The number of benzene rings is 1. The number of ether oxygens (including phenoxy) is 1. The molecule has 140 valence electrons. The summed E-state index contributed by atoms with van der Waals surface area (Å²) in [4.78, 5) is 25.5. The number of fused-ring (bicyclic) bond motifs is 1. The van der Waals surface area contributed by atoms with Crippen molar-refractivity contribution in [3.63, 3.8) is 0 Å². The van der Waals surface area contributed by atoms with Crippen molar-refractivity contribution < 1.29 is 23.4 Å². The fourth-order valence-corrected chi connectivity index (χ4v) is 3.84. The Labute approximate surface area is 155 Å². The van der Waals surface area contributed by atoms with Crippen LogP contribution >= 0.6 is 0 Å². The Morgan fingerprint density at radius 2 is 1.89 bits per heavy atom. The first-order valence-electron chi connectivity index (χ1n) is 8.76. The minimum atomic E-state index is -0.674. The second kappa shape index (κ2) is 6.16. The molecule has 1 unspecified atom stereocenters. The van der Waals surface area contributed by atoms with E-state index in [9.17, 15) is 19.1 Å². The first kappa shape index (κ1) is 17.7. The highest BCUT2D eigenvalue weighted by atomic mass is 19.1. The van der Waals surface area contributed by atoms with Gasteiger partial charge in [0.25, 0.3) is 0 Å². The van der Waals surface area contributed by atoms with Gasteiger partial charge in [-0.3, -0.25) is 9.59 Å². The molecule has 0 spiro atoms. The van der Waals surface area contributed by atoms with Gasteiger partial charge in [-0.05, 0) is 23.1 Å². The summed E-state index contributed by atoms with van der Waals surface area (Å²) in [6.45, 7) is 3.49. The van der Waals surface area contributed by atoms with E-state index in [1.54, 1.807) is 12.1 Å². The summed E-state index contributed by atoms with van der Waals surface area (Å²) in [6, 6.07) is 6.92. The van der Waals surface area contributed by atoms with Crippen molar-refractivity contribution >= 4 is 5.78 Å². The second-order valence-corrected chi connectivity index (χ2v) is 7.79. The molecule has 0 bridgehead atoms. The first-order valence-corrected chi connectivity index (χ1v) is 8.76. The lowest BCUT2D eigenvalue weighted by Gasteiger charge is -2.37. The predicted molar refractivity (Wildman–Crippen MR) is 94.8 cm³/mol. The summed E-state index contributed by atoms with van der Waals surface area (Å²) in [7, 11) is 0. The van der Waals surface area contributed by atoms with Crippen LogP contribution in [0.4, 0.5) is 4.39 Å². The Bertz CT molecular complexity index is 1010. The molecule has 1 atom stereocenters. The summed E-state index contributed by atoms with van der Waals surface area (Å²) in [5.41, 5.74) is 0.354. The monoisotopic (exact) mass is 370 g/mol. The number of allylic oxidation sites excluding steroid dienone is 2. The van der Waals surface area contributed by atoms with Gasteiger partial charge in [-0.2, -0.15) is 0 Å². The van der Waals surface area contributed by atoms with E-state index in [4.69, 9.17) is 9.15 Å². The number of Topliss-reactive ketones (excluding diaryl/α,β-unsaturated/α-hetero) is 1. The molecule has 0 saturated carbocycles. The molecule has 4 rings (SSSR count). The Balaban J connectivity index is 1.98. The topological polar surface area (TPSA) is 76.7 Å². The van der Waals surface area contributed by atoms with Crippen molar-refractivity contribution in [3.05, 3.63) is 74.8 Å². The Morgan fingerprint density at radius 1 is 1.19 bits per heavy atom. The van der Waals surface area contributed by atoms with E-state index in [1.165, 1.54) is 18.2 Å². The summed E-state index contributed by atoms with van der Waals surface area (Å²) in [5, 5.41) is 9.41. The smallest absolute Gasteiger partial charge is 0.228 e. The molecule has 0 amide bonds. The number of aliphatic hydroxyl groups excluding tert-OH is 1. The number of hydrogen-bond acceptors (Lipinski definition) is 5. The molecule has 27 heavy (non-hydrogen) atoms.